The fourth-order valence-electron chi connectivity index (χ4n) is 1.67. The second-order valence-electron chi connectivity index (χ2n) is 5.94. The highest BCUT2D eigenvalue weighted by molar-refractivity contribution is 5.88. The lowest BCUT2D eigenvalue weighted by Gasteiger charge is -2.03. The molecule has 0 amide bonds. The number of benzene rings is 1. The monoisotopic (exact) mass is 388 g/mol. The second kappa shape index (κ2) is 12.2. The van der Waals surface area contributed by atoms with Crippen LogP contribution < -0.4 is 0 Å². The number of ether oxygens (including phenoxy) is 3. The van der Waals surface area contributed by atoms with E-state index < -0.39 is 11.9 Å². The zero-order valence-electron chi connectivity index (χ0n) is 15.8. The summed E-state index contributed by atoms with van der Waals surface area (Å²) in [6.07, 6.45) is 2.51. The van der Waals surface area contributed by atoms with Gasteiger partial charge in [0.05, 0.1) is 6.61 Å². The molecule has 1 heterocycles. The van der Waals surface area contributed by atoms with Gasteiger partial charge in [0.25, 0.3) is 0 Å². The molecule has 1 aromatic rings. The van der Waals surface area contributed by atoms with E-state index >= 15 is 0 Å². The summed E-state index contributed by atoms with van der Waals surface area (Å²) in [6.45, 7) is 9.79. The molecule has 0 aromatic heterocycles. The van der Waals surface area contributed by atoms with Gasteiger partial charge in [-0.15, -0.1) is 0 Å². The van der Waals surface area contributed by atoms with Crippen LogP contribution in [-0.2, 0) is 35.2 Å². The fraction of sp³-hybridized carbons (Fsp3) is 0.286. The Morgan fingerprint density at radius 1 is 1.18 bits per heavy atom. The highest BCUT2D eigenvalue weighted by Crippen LogP contribution is 2.10. The van der Waals surface area contributed by atoms with Crippen LogP contribution in [-0.4, -0.2) is 42.3 Å². The molecule has 28 heavy (non-hydrogen) atoms. The van der Waals surface area contributed by atoms with Gasteiger partial charge in [-0.25, -0.2) is 14.4 Å². The first kappa shape index (κ1) is 22.9. The van der Waals surface area contributed by atoms with Crippen molar-refractivity contribution in [2.75, 3.05) is 13.2 Å². The van der Waals surface area contributed by atoms with Crippen LogP contribution >= 0.6 is 0 Å². The lowest BCUT2D eigenvalue weighted by molar-refractivity contribution is -0.140. The van der Waals surface area contributed by atoms with Crippen molar-refractivity contribution in [3.05, 3.63) is 72.4 Å². The van der Waals surface area contributed by atoms with Crippen LogP contribution in [0.5, 0.6) is 0 Å². The molecule has 1 atom stereocenters. The molecule has 0 saturated carbocycles. The summed E-state index contributed by atoms with van der Waals surface area (Å²) in [6, 6.07) is 9.55. The van der Waals surface area contributed by atoms with Gasteiger partial charge in [-0.1, -0.05) is 49.6 Å². The minimum atomic E-state index is -1.05. The third kappa shape index (κ3) is 10.7. The van der Waals surface area contributed by atoms with Crippen LogP contribution in [0.15, 0.2) is 66.8 Å². The standard InChI is InChI=1S/C11H12O2.C10H12O5/c1-9(2)11(12)13-8-10-6-4-3-5-7-10;1-7(3-2-4-9(11)12)10(13)15-6-8-5-14-8/h3-7H,1,8H2,2H3;2,4,8H,1,3,5-6H2,(H,11,12). The van der Waals surface area contributed by atoms with Crippen molar-refractivity contribution in [1.82, 2.24) is 0 Å². The van der Waals surface area contributed by atoms with E-state index in [0.717, 1.165) is 11.6 Å². The minimum absolute atomic E-state index is 0.0244. The first-order valence-electron chi connectivity index (χ1n) is 8.52. The highest BCUT2D eigenvalue weighted by atomic mass is 16.6. The lowest BCUT2D eigenvalue weighted by Crippen LogP contribution is -2.11. The number of carboxylic acid groups (broad SMARTS) is 1. The highest BCUT2D eigenvalue weighted by Gasteiger charge is 2.24. The minimum Gasteiger partial charge on any atom is -0.478 e. The van der Waals surface area contributed by atoms with Gasteiger partial charge in [0.1, 0.15) is 19.3 Å². The van der Waals surface area contributed by atoms with Gasteiger partial charge in [0, 0.05) is 17.2 Å². The van der Waals surface area contributed by atoms with Crippen molar-refractivity contribution >= 4 is 17.9 Å². The first-order chi connectivity index (χ1) is 13.3. The van der Waals surface area contributed by atoms with Crippen molar-refractivity contribution in [1.29, 1.82) is 0 Å². The molecular formula is C21H24O7. The molecule has 7 heteroatoms. The maximum Gasteiger partial charge on any atom is 0.333 e. The number of carbonyl (C=O) groups is 3. The number of hydrogen-bond acceptors (Lipinski definition) is 6. The molecule has 1 aliphatic rings. The summed E-state index contributed by atoms with van der Waals surface area (Å²) < 4.78 is 14.6. The molecule has 0 spiro atoms. The Morgan fingerprint density at radius 2 is 1.82 bits per heavy atom. The molecule has 1 aliphatic heterocycles. The van der Waals surface area contributed by atoms with E-state index in [1.807, 2.05) is 30.3 Å². The molecular weight excluding hydrogens is 364 g/mol. The number of epoxide rings is 1. The van der Waals surface area contributed by atoms with Crippen LogP contribution in [0, 0.1) is 0 Å². The molecule has 1 aromatic carbocycles. The van der Waals surface area contributed by atoms with Gasteiger partial charge in [0.15, 0.2) is 0 Å². The molecule has 1 unspecified atom stereocenters. The Kier molecular flexibility index (Phi) is 9.99. The van der Waals surface area contributed by atoms with Crippen LogP contribution in [0.25, 0.3) is 0 Å². The van der Waals surface area contributed by atoms with E-state index in [-0.39, 0.29) is 30.7 Å². The van der Waals surface area contributed by atoms with Gasteiger partial charge in [0.2, 0.25) is 0 Å². The number of carbonyl (C=O) groups excluding carboxylic acids is 2. The first-order valence-corrected chi connectivity index (χ1v) is 8.52. The Labute approximate surface area is 163 Å². The van der Waals surface area contributed by atoms with E-state index in [0.29, 0.717) is 18.8 Å². The molecule has 2 rings (SSSR count). The van der Waals surface area contributed by atoms with E-state index in [1.165, 1.54) is 6.08 Å². The third-order valence-electron chi connectivity index (χ3n) is 3.28. The summed E-state index contributed by atoms with van der Waals surface area (Å²) in [5, 5.41) is 8.30. The van der Waals surface area contributed by atoms with Gasteiger partial charge >= 0.3 is 17.9 Å². The van der Waals surface area contributed by atoms with Gasteiger partial charge in [-0.2, -0.15) is 0 Å². The van der Waals surface area contributed by atoms with Crippen molar-refractivity contribution in [2.45, 2.75) is 26.1 Å². The van der Waals surface area contributed by atoms with Gasteiger partial charge in [-0.05, 0) is 18.9 Å². The SMILES string of the molecule is C=C(C)C(=O)OCc1ccccc1.C=C(CC=CC(=O)O)C(=O)OCC1CO1. The molecule has 1 saturated heterocycles. The van der Waals surface area contributed by atoms with Crippen LogP contribution in [0.4, 0.5) is 0 Å². The second-order valence-corrected chi connectivity index (χ2v) is 5.94. The average molecular weight is 388 g/mol. The Balaban J connectivity index is 0.000000283. The maximum atomic E-state index is 11.2. The van der Waals surface area contributed by atoms with E-state index in [1.54, 1.807) is 6.92 Å². The number of rotatable bonds is 9. The zero-order valence-corrected chi connectivity index (χ0v) is 15.8. The average Bonchev–Trinajstić information content (AvgIpc) is 3.49. The summed E-state index contributed by atoms with van der Waals surface area (Å²) in [5.74, 6) is -1.91. The maximum absolute atomic E-state index is 11.2. The van der Waals surface area contributed by atoms with Crippen molar-refractivity contribution in [3.8, 4) is 0 Å². The normalized spacial score (nSPS) is 14.4. The molecule has 0 bridgehead atoms. The van der Waals surface area contributed by atoms with Gasteiger partial charge < -0.3 is 19.3 Å². The topological polar surface area (TPSA) is 102 Å². The summed E-state index contributed by atoms with van der Waals surface area (Å²) in [4.78, 5) is 32.3. The Hall–Kier alpha value is -3.19. The quantitative estimate of drug-likeness (QED) is 0.394. The molecule has 1 N–H and O–H groups in total. The number of esters is 2. The number of carboxylic acids is 1. The van der Waals surface area contributed by atoms with E-state index in [2.05, 4.69) is 13.2 Å². The summed E-state index contributed by atoms with van der Waals surface area (Å²) >= 11 is 0. The van der Waals surface area contributed by atoms with E-state index in [9.17, 15) is 14.4 Å². The Bertz CT molecular complexity index is 730. The number of allylic oxidation sites excluding steroid dienone is 1. The zero-order chi connectivity index (χ0) is 20.9. The predicted molar refractivity (Wildman–Crippen MR) is 102 cm³/mol. The van der Waals surface area contributed by atoms with Crippen molar-refractivity contribution in [2.24, 2.45) is 0 Å². The number of hydrogen-bond donors (Lipinski definition) is 1. The molecule has 7 nitrogen and oxygen atoms in total. The molecule has 0 radical (unpaired) electrons. The van der Waals surface area contributed by atoms with E-state index in [4.69, 9.17) is 19.3 Å². The predicted octanol–water partition coefficient (Wildman–Crippen LogP) is 2.82. The summed E-state index contributed by atoms with van der Waals surface area (Å²) in [7, 11) is 0. The smallest absolute Gasteiger partial charge is 0.333 e. The van der Waals surface area contributed by atoms with Crippen LogP contribution in [0.1, 0.15) is 18.9 Å². The number of aliphatic carboxylic acids is 1. The van der Waals surface area contributed by atoms with Crippen LogP contribution in [0.3, 0.4) is 0 Å². The molecule has 150 valence electrons. The van der Waals surface area contributed by atoms with Gasteiger partial charge in [-0.3, -0.25) is 0 Å². The van der Waals surface area contributed by atoms with Crippen LogP contribution in [0.2, 0.25) is 0 Å². The Morgan fingerprint density at radius 3 is 2.36 bits per heavy atom. The third-order valence-corrected chi connectivity index (χ3v) is 3.28. The molecule has 0 aliphatic carbocycles. The largest absolute Gasteiger partial charge is 0.478 e. The molecule has 1 fully saturated rings. The lowest BCUT2D eigenvalue weighted by atomic mass is 10.2. The fourth-order valence-corrected chi connectivity index (χ4v) is 1.67. The summed E-state index contributed by atoms with van der Waals surface area (Å²) in [5.41, 5.74) is 1.64. The van der Waals surface area contributed by atoms with Crippen molar-refractivity contribution in [3.63, 3.8) is 0 Å². The van der Waals surface area contributed by atoms with Crippen molar-refractivity contribution < 1.29 is 33.7 Å².